The van der Waals surface area contributed by atoms with Gasteiger partial charge in [0.25, 0.3) is 11.8 Å². The van der Waals surface area contributed by atoms with Crippen molar-refractivity contribution in [2.75, 3.05) is 24.4 Å². The number of fused-ring (bicyclic) bond motifs is 1. The largest absolute Gasteiger partial charge is 0.497 e. The highest BCUT2D eigenvalue weighted by molar-refractivity contribution is 8.00. The maximum absolute atomic E-state index is 13.6. The van der Waals surface area contributed by atoms with Crippen LogP contribution < -0.4 is 20.7 Å². The number of amides is 3. The molecule has 0 radical (unpaired) electrons. The summed E-state index contributed by atoms with van der Waals surface area (Å²) in [5.74, 6) is -0.910. The Bertz CT molecular complexity index is 1850. The van der Waals surface area contributed by atoms with E-state index in [1.807, 2.05) is 12.1 Å². The van der Waals surface area contributed by atoms with E-state index in [-0.39, 0.29) is 18.2 Å². The maximum atomic E-state index is 13.6. The van der Waals surface area contributed by atoms with Gasteiger partial charge in [0.2, 0.25) is 5.91 Å². The van der Waals surface area contributed by atoms with Gasteiger partial charge in [0, 0.05) is 21.0 Å². The van der Waals surface area contributed by atoms with Gasteiger partial charge in [0.05, 0.1) is 24.5 Å². The van der Waals surface area contributed by atoms with Crippen molar-refractivity contribution in [2.45, 2.75) is 62.5 Å². The van der Waals surface area contributed by atoms with Crippen LogP contribution >= 0.6 is 23.1 Å². The first-order valence-electron chi connectivity index (χ1n) is 16.7. The Morgan fingerprint density at radius 2 is 1.64 bits per heavy atom. The van der Waals surface area contributed by atoms with Crippen LogP contribution in [0.15, 0.2) is 89.5 Å². The molecule has 3 N–H and O–H groups in total. The van der Waals surface area contributed by atoms with Crippen molar-refractivity contribution in [3.63, 3.8) is 0 Å². The highest BCUT2D eigenvalue weighted by Crippen LogP contribution is 2.38. The van der Waals surface area contributed by atoms with Crippen molar-refractivity contribution in [3.05, 3.63) is 112 Å². The number of aryl methyl sites for hydroxylation is 1. The molecule has 0 spiro atoms. The molecule has 0 saturated carbocycles. The standard InChI is InChI=1S/C39H41N3O6S2/c1-4-48-39(46)34-31-17-10-5-6-11-18-33(31)50-38(34)42-35(43)25(2)49-30-16-12-15-28(24-30)40-37(45)32(23-26-19-21-29(47-3)22-20-26)41-36(44)27-13-8-7-9-14-27/h7-9,12-16,19-25H,4-6,10-11,17-18H2,1-3H3,(H,40,45)(H,41,44)(H,42,43)/b32-23+. The number of nitrogens with one attached hydrogen (secondary N) is 3. The monoisotopic (exact) mass is 711 g/mol. The number of esters is 1. The van der Waals surface area contributed by atoms with E-state index in [1.54, 1.807) is 93.8 Å². The van der Waals surface area contributed by atoms with Gasteiger partial charge in [-0.15, -0.1) is 23.1 Å². The zero-order valence-electron chi connectivity index (χ0n) is 28.4. The second-order valence-electron chi connectivity index (χ2n) is 11.7. The molecule has 11 heteroatoms. The van der Waals surface area contributed by atoms with Crippen LogP contribution in [0.4, 0.5) is 10.7 Å². The molecular formula is C39H41N3O6S2. The summed E-state index contributed by atoms with van der Waals surface area (Å²) in [5, 5.41) is 8.68. The predicted octanol–water partition coefficient (Wildman–Crippen LogP) is 8.12. The molecule has 3 aromatic carbocycles. The number of carbonyl (C=O) groups excluding carboxylic acids is 4. The van der Waals surface area contributed by atoms with E-state index in [9.17, 15) is 19.2 Å². The molecule has 0 aliphatic heterocycles. The van der Waals surface area contributed by atoms with Crippen LogP contribution in [0.3, 0.4) is 0 Å². The first-order chi connectivity index (χ1) is 24.2. The summed E-state index contributed by atoms with van der Waals surface area (Å²) in [6.45, 7) is 3.84. The number of anilines is 2. The molecule has 1 aliphatic rings. The van der Waals surface area contributed by atoms with Crippen molar-refractivity contribution in [1.82, 2.24) is 5.32 Å². The molecule has 4 aromatic rings. The molecule has 0 fully saturated rings. The van der Waals surface area contributed by atoms with Gasteiger partial charge >= 0.3 is 5.97 Å². The van der Waals surface area contributed by atoms with Gasteiger partial charge in [-0.3, -0.25) is 14.4 Å². The second kappa shape index (κ2) is 17.7. The van der Waals surface area contributed by atoms with Crippen molar-refractivity contribution in [2.24, 2.45) is 0 Å². The Morgan fingerprint density at radius 3 is 2.36 bits per heavy atom. The fraction of sp³-hybridized carbons (Fsp3) is 0.282. The first-order valence-corrected chi connectivity index (χ1v) is 18.4. The Hall–Kier alpha value is -4.87. The van der Waals surface area contributed by atoms with Crippen molar-refractivity contribution >= 4 is 63.6 Å². The summed E-state index contributed by atoms with van der Waals surface area (Å²) in [6.07, 6.45) is 7.61. The molecular weight excluding hydrogens is 671 g/mol. The molecule has 1 unspecified atom stereocenters. The van der Waals surface area contributed by atoms with Gasteiger partial charge in [-0.25, -0.2) is 4.79 Å². The Morgan fingerprint density at radius 1 is 0.900 bits per heavy atom. The average molecular weight is 712 g/mol. The smallest absolute Gasteiger partial charge is 0.341 e. The van der Waals surface area contributed by atoms with Gasteiger partial charge in [-0.05, 0) is 99.2 Å². The quantitative estimate of drug-likeness (QED) is 0.0771. The average Bonchev–Trinajstić information content (AvgIpc) is 3.44. The molecule has 1 atom stereocenters. The van der Waals surface area contributed by atoms with E-state index in [1.165, 1.54) is 23.1 Å². The van der Waals surface area contributed by atoms with Crippen LogP contribution in [-0.2, 0) is 27.2 Å². The van der Waals surface area contributed by atoms with E-state index in [0.29, 0.717) is 33.1 Å². The minimum atomic E-state index is -0.517. The molecule has 260 valence electrons. The van der Waals surface area contributed by atoms with Gasteiger partial charge in [0.1, 0.15) is 16.4 Å². The number of methoxy groups -OCH3 is 1. The third kappa shape index (κ3) is 9.64. The number of benzene rings is 3. The number of rotatable bonds is 12. The predicted molar refractivity (Wildman–Crippen MR) is 200 cm³/mol. The highest BCUT2D eigenvalue weighted by Gasteiger charge is 2.27. The lowest BCUT2D eigenvalue weighted by Crippen LogP contribution is -2.30. The van der Waals surface area contributed by atoms with Crippen LogP contribution in [0, 0.1) is 0 Å². The molecule has 1 aromatic heterocycles. The molecule has 1 aliphatic carbocycles. The number of hydrogen-bond acceptors (Lipinski definition) is 8. The van der Waals surface area contributed by atoms with Crippen LogP contribution in [0.25, 0.3) is 6.08 Å². The number of ether oxygens (including phenoxy) is 2. The summed E-state index contributed by atoms with van der Waals surface area (Å²) < 4.78 is 10.6. The zero-order valence-corrected chi connectivity index (χ0v) is 30.0. The minimum Gasteiger partial charge on any atom is -0.497 e. The van der Waals surface area contributed by atoms with Crippen LogP contribution in [0.2, 0.25) is 0 Å². The Kier molecular flexibility index (Phi) is 12.9. The second-order valence-corrected chi connectivity index (χ2v) is 14.2. The van der Waals surface area contributed by atoms with Crippen molar-refractivity contribution in [1.29, 1.82) is 0 Å². The zero-order chi connectivity index (χ0) is 35.5. The number of carbonyl (C=O) groups is 4. The number of thiophene rings is 1. The fourth-order valence-electron chi connectivity index (χ4n) is 5.55. The third-order valence-corrected chi connectivity index (χ3v) is 10.4. The van der Waals surface area contributed by atoms with E-state index in [2.05, 4.69) is 16.0 Å². The van der Waals surface area contributed by atoms with Crippen LogP contribution in [0.1, 0.15) is 76.3 Å². The molecule has 0 bridgehead atoms. The maximum Gasteiger partial charge on any atom is 0.341 e. The molecule has 50 heavy (non-hydrogen) atoms. The first kappa shape index (κ1) is 36.4. The van der Waals surface area contributed by atoms with Gasteiger partial charge < -0.3 is 25.4 Å². The molecule has 5 rings (SSSR count). The SMILES string of the molecule is CCOC(=O)c1c(NC(=O)C(C)Sc2cccc(NC(=O)/C(=C\c3ccc(OC)cc3)NC(=O)c3ccccc3)c2)sc2c1CCCCCC2. The Labute approximate surface area is 300 Å². The van der Waals surface area contributed by atoms with Crippen LogP contribution in [-0.4, -0.2) is 42.7 Å². The topological polar surface area (TPSA) is 123 Å². The molecule has 0 saturated heterocycles. The van der Waals surface area contributed by atoms with Gasteiger partial charge in [-0.2, -0.15) is 0 Å². The van der Waals surface area contributed by atoms with E-state index in [4.69, 9.17) is 9.47 Å². The minimum absolute atomic E-state index is 0.0530. The molecule has 1 heterocycles. The van der Waals surface area contributed by atoms with Crippen molar-refractivity contribution in [3.8, 4) is 5.75 Å². The Balaban J connectivity index is 1.30. The summed E-state index contributed by atoms with van der Waals surface area (Å²) in [4.78, 5) is 55.0. The normalized spacial score (nSPS) is 13.5. The van der Waals surface area contributed by atoms with E-state index < -0.39 is 23.0 Å². The summed E-state index contributed by atoms with van der Waals surface area (Å²) in [6, 6.07) is 22.9. The van der Waals surface area contributed by atoms with Gasteiger partial charge in [-0.1, -0.05) is 49.2 Å². The fourth-order valence-corrected chi connectivity index (χ4v) is 7.76. The molecule has 3 amide bonds. The number of thioether (sulfide) groups is 1. The lowest BCUT2D eigenvalue weighted by molar-refractivity contribution is -0.115. The van der Waals surface area contributed by atoms with Gasteiger partial charge in [0.15, 0.2) is 0 Å². The highest BCUT2D eigenvalue weighted by atomic mass is 32.2. The molecule has 9 nitrogen and oxygen atoms in total. The third-order valence-electron chi connectivity index (χ3n) is 8.12. The lowest BCUT2D eigenvalue weighted by atomic mass is 9.96. The van der Waals surface area contributed by atoms with Crippen LogP contribution in [0.5, 0.6) is 5.75 Å². The lowest BCUT2D eigenvalue weighted by Gasteiger charge is -2.14. The van der Waals surface area contributed by atoms with Crippen molar-refractivity contribution < 1.29 is 28.7 Å². The summed E-state index contributed by atoms with van der Waals surface area (Å²) in [7, 11) is 1.57. The number of hydrogen-bond donors (Lipinski definition) is 3. The summed E-state index contributed by atoms with van der Waals surface area (Å²) >= 11 is 2.81. The van der Waals surface area contributed by atoms with E-state index in [0.717, 1.165) is 53.9 Å². The van der Waals surface area contributed by atoms with E-state index >= 15 is 0 Å². The summed E-state index contributed by atoms with van der Waals surface area (Å²) in [5.41, 5.74) is 3.14.